The van der Waals surface area contributed by atoms with E-state index in [-0.39, 0.29) is 11.4 Å². The molecule has 0 unspecified atom stereocenters. The molecule has 2 heterocycles. The molecule has 3 aromatic rings. The van der Waals surface area contributed by atoms with Gasteiger partial charge in [0, 0.05) is 10.3 Å². The van der Waals surface area contributed by atoms with E-state index in [0.717, 1.165) is 40.6 Å². The zero-order valence-corrected chi connectivity index (χ0v) is 18.1. The number of hydrogen-bond acceptors (Lipinski definition) is 5. The molecule has 0 fully saturated rings. The van der Waals surface area contributed by atoms with Gasteiger partial charge in [0.2, 0.25) is 5.91 Å². The fourth-order valence-electron chi connectivity index (χ4n) is 3.67. The first-order valence-electron chi connectivity index (χ1n) is 9.60. The summed E-state index contributed by atoms with van der Waals surface area (Å²) in [4.78, 5) is 23.8. The SMILES string of the molecule is Cc1nc(SCC(=O)Nc2ccccc2C(F)(F)F)c2c3c(sc2n1)C[C@H](C)CC3. The van der Waals surface area contributed by atoms with Gasteiger partial charge in [0.05, 0.1) is 17.0 Å². The Bertz CT molecular complexity index is 1110. The number of carbonyl (C=O) groups excluding carboxylic acids is 1. The number of rotatable bonds is 4. The van der Waals surface area contributed by atoms with Crippen LogP contribution in [0.15, 0.2) is 29.3 Å². The van der Waals surface area contributed by atoms with E-state index in [0.29, 0.717) is 11.7 Å². The highest BCUT2D eigenvalue weighted by molar-refractivity contribution is 8.00. The summed E-state index contributed by atoms with van der Waals surface area (Å²) in [6, 6.07) is 4.98. The van der Waals surface area contributed by atoms with Crippen LogP contribution in [0.4, 0.5) is 18.9 Å². The number of carbonyl (C=O) groups is 1. The summed E-state index contributed by atoms with van der Waals surface area (Å²) in [5.74, 6) is 0.729. The van der Waals surface area contributed by atoms with Crippen LogP contribution in [-0.4, -0.2) is 21.6 Å². The lowest BCUT2D eigenvalue weighted by Gasteiger charge is -2.18. The fraction of sp³-hybridized carbons (Fsp3) is 0.381. The minimum atomic E-state index is -4.53. The molecular weight excluding hydrogens is 431 g/mol. The van der Waals surface area contributed by atoms with E-state index in [1.165, 1.54) is 40.4 Å². The number of para-hydroxylation sites is 1. The molecule has 1 aliphatic carbocycles. The summed E-state index contributed by atoms with van der Waals surface area (Å²) >= 11 is 2.93. The van der Waals surface area contributed by atoms with Crippen molar-refractivity contribution in [3.05, 3.63) is 46.1 Å². The number of halogens is 3. The van der Waals surface area contributed by atoms with Crippen molar-refractivity contribution in [2.45, 2.75) is 44.3 Å². The molecule has 0 aliphatic heterocycles. The van der Waals surface area contributed by atoms with E-state index >= 15 is 0 Å². The lowest BCUT2D eigenvalue weighted by atomic mass is 9.89. The number of thioether (sulfide) groups is 1. The van der Waals surface area contributed by atoms with Crippen LogP contribution < -0.4 is 5.32 Å². The number of hydrogen-bond donors (Lipinski definition) is 1. The number of anilines is 1. The molecule has 1 amide bonds. The molecule has 4 rings (SSSR count). The maximum Gasteiger partial charge on any atom is 0.418 e. The van der Waals surface area contributed by atoms with Crippen LogP contribution in [0.1, 0.15) is 35.2 Å². The number of thiophene rings is 1. The van der Waals surface area contributed by atoms with Crippen molar-refractivity contribution in [1.29, 1.82) is 0 Å². The number of alkyl halides is 3. The molecule has 0 radical (unpaired) electrons. The predicted octanol–water partition coefficient (Wildman–Crippen LogP) is 5.87. The predicted molar refractivity (Wildman–Crippen MR) is 114 cm³/mol. The Morgan fingerprint density at radius 1 is 1.30 bits per heavy atom. The van der Waals surface area contributed by atoms with E-state index in [4.69, 9.17) is 0 Å². The average molecular weight is 452 g/mol. The molecule has 30 heavy (non-hydrogen) atoms. The Morgan fingerprint density at radius 3 is 2.83 bits per heavy atom. The number of aromatic nitrogens is 2. The van der Waals surface area contributed by atoms with Gasteiger partial charge in [0.1, 0.15) is 15.7 Å². The maximum atomic E-state index is 13.1. The molecule has 2 aromatic heterocycles. The van der Waals surface area contributed by atoms with Crippen LogP contribution in [0.2, 0.25) is 0 Å². The number of nitrogens with zero attached hydrogens (tertiary/aromatic N) is 2. The van der Waals surface area contributed by atoms with Gasteiger partial charge in [0.15, 0.2) is 0 Å². The van der Waals surface area contributed by atoms with Crippen molar-refractivity contribution in [3.63, 3.8) is 0 Å². The summed E-state index contributed by atoms with van der Waals surface area (Å²) in [6.07, 6.45) is -1.44. The molecule has 1 atom stereocenters. The summed E-state index contributed by atoms with van der Waals surface area (Å²) in [6.45, 7) is 4.05. The molecule has 9 heteroatoms. The van der Waals surface area contributed by atoms with Gasteiger partial charge in [0.25, 0.3) is 0 Å². The lowest BCUT2D eigenvalue weighted by Crippen LogP contribution is -2.18. The smallest absolute Gasteiger partial charge is 0.325 e. The maximum absolute atomic E-state index is 13.1. The minimum Gasteiger partial charge on any atom is -0.325 e. The Morgan fingerprint density at radius 2 is 2.07 bits per heavy atom. The number of amides is 1. The van der Waals surface area contributed by atoms with Gasteiger partial charge in [-0.3, -0.25) is 4.79 Å². The summed E-state index contributed by atoms with van der Waals surface area (Å²) < 4.78 is 39.4. The van der Waals surface area contributed by atoms with Gasteiger partial charge in [-0.15, -0.1) is 11.3 Å². The third-order valence-corrected chi connectivity index (χ3v) is 7.20. The second kappa shape index (κ2) is 8.19. The van der Waals surface area contributed by atoms with Crippen LogP contribution in [0, 0.1) is 12.8 Å². The van der Waals surface area contributed by atoms with E-state index in [9.17, 15) is 18.0 Å². The fourth-order valence-corrected chi connectivity index (χ4v) is 6.07. The Labute approximate surface area is 180 Å². The zero-order valence-electron chi connectivity index (χ0n) is 16.5. The Kier molecular flexibility index (Phi) is 5.76. The van der Waals surface area contributed by atoms with E-state index in [1.807, 2.05) is 6.92 Å². The number of fused-ring (bicyclic) bond motifs is 3. The largest absolute Gasteiger partial charge is 0.418 e. The summed E-state index contributed by atoms with van der Waals surface area (Å²) in [7, 11) is 0. The monoisotopic (exact) mass is 451 g/mol. The first-order valence-corrected chi connectivity index (χ1v) is 11.4. The highest BCUT2D eigenvalue weighted by atomic mass is 32.2. The van der Waals surface area contributed by atoms with Crippen LogP contribution >= 0.6 is 23.1 Å². The van der Waals surface area contributed by atoms with Gasteiger partial charge in [-0.25, -0.2) is 9.97 Å². The van der Waals surface area contributed by atoms with Crippen molar-refractivity contribution in [3.8, 4) is 0 Å². The van der Waals surface area contributed by atoms with Crippen molar-refractivity contribution in [1.82, 2.24) is 9.97 Å². The first-order chi connectivity index (χ1) is 14.2. The molecule has 158 valence electrons. The highest BCUT2D eigenvalue weighted by Crippen LogP contribution is 2.41. The van der Waals surface area contributed by atoms with Crippen LogP contribution in [0.3, 0.4) is 0 Å². The van der Waals surface area contributed by atoms with Crippen molar-refractivity contribution in [2.75, 3.05) is 11.1 Å². The molecule has 4 nitrogen and oxygen atoms in total. The topological polar surface area (TPSA) is 54.9 Å². The molecule has 1 N–H and O–H groups in total. The van der Waals surface area contributed by atoms with Crippen LogP contribution in [-0.2, 0) is 23.8 Å². The zero-order chi connectivity index (χ0) is 21.5. The number of aryl methyl sites for hydroxylation is 2. The summed E-state index contributed by atoms with van der Waals surface area (Å²) in [5.41, 5.74) is 0.171. The Hall–Kier alpha value is -2.13. The average Bonchev–Trinajstić information content (AvgIpc) is 3.02. The van der Waals surface area contributed by atoms with Crippen molar-refractivity contribution < 1.29 is 18.0 Å². The molecule has 1 aliphatic rings. The van der Waals surface area contributed by atoms with Gasteiger partial charge in [-0.1, -0.05) is 30.8 Å². The van der Waals surface area contributed by atoms with Crippen LogP contribution in [0.25, 0.3) is 10.2 Å². The molecule has 0 saturated carbocycles. The molecule has 1 aromatic carbocycles. The highest BCUT2D eigenvalue weighted by Gasteiger charge is 2.33. The van der Waals surface area contributed by atoms with Crippen molar-refractivity contribution in [2.24, 2.45) is 5.92 Å². The molecule has 0 saturated heterocycles. The van der Waals surface area contributed by atoms with Gasteiger partial charge in [-0.05, 0) is 49.8 Å². The minimum absolute atomic E-state index is 0.0290. The second-order valence-corrected chi connectivity index (χ2v) is 9.54. The standard InChI is InChI=1S/C21H20F3N3OS2/c1-11-7-8-13-16(9-11)30-20-18(13)19(25-12(2)26-20)29-10-17(28)27-15-6-4-3-5-14(15)21(22,23)24/h3-6,11H,7-10H2,1-2H3,(H,27,28)/t11-/m1/s1. The number of benzene rings is 1. The summed E-state index contributed by atoms with van der Waals surface area (Å²) in [5, 5.41) is 4.12. The van der Waals surface area contributed by atoms with Gasteiger partial charge in [-0.2, -0.15) is 13.2 Å². The van der Waals surface area contributed by atoms with Crippen molar-refractivity contribution >= 4 is 44.9 Å². The van der Waals surface area contributed by atoms with Gasteiger partial charge < -0.3 is 5.32 Å². The van der Waals surface area contributed by atoms with Gasteiger partial charge >= 0.3 is 6.18 Å². The normalized spacial score (nSPS) is 16.5. The molecule has 0 spiro atoms. The third-order valence-electron chi connectivity index (χ3n) is 5.08. The second-order valence-electron chi connectivity index (χ2n) is 7.49. The quantitative estimate of drug-likeness (QED) is 0.398. The van der Waals surface area contributed by atoms with E-state index in [1.54, 1.807) is 11.3 Å². The third kappa shape index (κ3) is 4.32. The first kappa shape index (κ1) is 21.1. The lowest BCUT2D eigenvalue weighted by molar-refractivity contribution is -0.137. The van der Waals surface area contributed by atoms with E-state index < -0.39 is 17.6 Å². The molecule has 0 bridgehead atoms. The Balaban J connectivity index is 1.55. The number of nitrogens with one attached hydrogen (secondary N) is 1. The van der Waals surface area contributed by atoms with Crippen LogP contribution in [0.5, 0.6) is 0 Å². The molecular formula is C21H20F3N3OS2. The van der Waals surface area contributed by atoms with E-state index in [2.05, 4.69) is 22.2 Å².